The van der Waals surface area contributed by atoms with Gasteiger partial charge in [-0.1, -0.05) is 56.3 Å². The first-order chi connectivity index (χ1) is 8.24. The molecule has 0 heterocycles. The lowest BCUT2D eigenvalue weighted by atomic mass is 10.2. The van der Waals surface area contributed by atoms with Crippen LogP contribution in [0.2, 0.25) is 0 Å². The van der Waals surface area contributed by atoms with Crippen LogP contribution >= 0.6 is 0 Å². The van der Waals surface area contributed by atoms with Gasteiger partial charge in [0.1, 0.15) is 0 Å². The first-order valence-corrected chi connectivity index (χ1v) is 5.83. The van der Waals surface area contributed by atoms with Gasteiger partial charge in [-0.15, -0.1) is 0 Å². The van der Waals surface area contributed by atoms with Gasteiger partial charge in [-0.25, -0.2) is 4.79 Å². The van der Waals surface area contributed by atoms with E-state index >= 15 is 0 Å². The van der Waals surface area contributed by atoms with Gasteiger partial charge in [0, 0.05) is 0 Å². The highest BCUT2D eigenvalue weighted by Gasteiger charge is 2.03. The van der Waals surface area contributed by atoms with E-state index in [4.69, 9.17) is 4.74 Å². The van der Waals surface area contributed by atoms with E-state index in [-0.39, 0.29) is 5.97 Å². The summed E-state index contributed by atoms with van der Waals surface area (Å²) in [6, 6.07) is 9.77. The van der Waals surface area contributed by atoms with E-state index in [0.29, 0.717) is 12.2 Å². The highest BCUT2D eigenvalue weighted by Crippen LogP contribution is 2.05. The van der Waals surface area contributed by atoms with Crippen LogP contribution in [-0.4, -0.2) is 12.6 Å². The van der Waals surface area contributed by atoms with Crippen molar-refractivity contribution in [1.82, 2.24) is 0 Å². The van der Waals surface area contributed by atoms with E-state index < -0.39 is 0 Å². The maximum Gasteiger partial charge on any atom is 0.337 e. The van der Waals surface area contributed by atoms with Crippen molar-refractivity contribution in [3.05, 3.63) is 54.1 Å². The summed E-state index contributed by atoms with van der Waals surface area (Å²) in [5, 5.41) is 0. The third-order valence-corrected chi connectivity index (χ3v) is 2.27. The zero-order valence-corrected chi connectivity index (χ0v) is 10.2. The Bertz CT molecular complexity index is 391. The molecule has 17 heavy (non-hydrogen) atoms. The van der Waals surface area contributed by atoms with Gasteiger partial charge >= 0.3 is 5.97 Å². The van der Waals surface area contributed by atoms with Crippen molar-refractivity contribution in [3.8, 4) is 0 Å². The predicted octanol–water partition coefficient (Wildman–Crippen LogP) is 3.60. The molecule has 0 amide bonds. The number of carbonyl (C=O) groups is 1. The maximum absolute atomic E-state index is 11.5. The Balaban J connectivity index is 2.43. The molecular formula is C15H18O2. The number of carbonyl (C=O) groups excluding carboxylic acids is 1. The summed E-state index contributed by atoms with van der Waals surface area (Å²) >= 11 is 0. The molecule has 90 valence electrons. The molecule has 0 atom stereocenters. The summed E-state index contributed by atoms with van der Waals surface area (Å²) in [6.07, 6.45) is 5.44. The second kappa shape index (κ2) is 7.44. The molecule has 2 heteroatoms. The van der Waals surface area contributed by atoms with Crippen molar-refractivity contribution in [2.75, 3.05) is 6.61 Å². The van der Waals surface area contributed by atoms with Gasteiger partial charge in [0.15, 0.2) is 0 Å². The maximum atomic E-state index is 11.5. The van der Waals surface area contributed by atoms with Gasteiger partial charge in [0.25, 0.3) is 0 Å². The summed E-state index contributed by atoms with van der Waals surface area (Å²) in [7, 11) is 0. The number of rotatable bonds is 6. The topological polar surface area (TPSA) is 26.3 Å². The molecule has 0 aliphatic carbocycles. The van der Waals surface area contributed by atoms with Gasteiger partial charge in [0.05, 0.1) is 12.2 Å². The summed E-state index contributed by atoms with van der Waals surface area (Å²) in [5.74, 6) is -0.342. The van der Waals surface area contributed by atoms with Crippen molar-refractivity contribution in [1.29, 1.82) is 0 Å². The van der Waals surface area contributed by atoms with Gasteiger partial charge in [-0.05, 0) is 18.1 Å². The monoisotopic (exact) mass is 230 g/mol. The number of ether oxygens (including phenoxy) is 1. The Hall–Kier alpha value is -1.83. The highest BCUT2D eigenvalue weighted by atomic mass is 16.5. The second-order valence-electron chi connectivity index (χ2n) is 3.76. The minimum Gasteiger partial charge on any atom is -0.462 e. The predicted molar refractivity (Wildman–Crippen MR) is 70.5 cm³/mol. The van der Waals surface area contributed by atoms with Crippen molar-refractivity contribution in [2.45, 2.75) is 19.8 Å². The largest absolute Gasteiger partial charge is 0.462 e. The van der Waals surface area contributed by atoms with Gasteiger partial charge in [0.2, 0.25) is 0 Å². The van der Waals surface area contributed by atoms with Crippen molar-refractivity contribution >= 4 is 12.0 Å². The summed E-state index contributed by atoms with van der Waals surface area (Å²) in [6.45, 7) is 6.21. The molecule has 1 aromatic rings. The van der Waals surface area contributed by atoms with Crippen LogP contribution in [0, 0.1) is 0 Å². The molecule has 0 fully saturated rings. The number of esters is 1. The first-order valence-electron chi connectivity index (χ1n) is 5.83. The van der Waals surface area contributed by atoms with Crippen LogP contribution in [0.15, 0.2) is 48.6 Å². The van der Waals surface area contributed by atoms with E-state index in [0.717, 1.165) is 18.4 Å². The zero-order valence-electron chi connectivity index (χ0n) is 10.2. The Kier molecular flexibility index (Phi) is 5.80. The van der Waals surface area contributed by atoms with Crippen molar-refractivity contribution < 1.29 is 9.53 Å². The van der Waals surface area contributed by atoms with Crippen LogP contribution in [0.25, 0.3) is 6.08 Å². The molecule has 0 unspecified atom stereocenters. The molecule has 0 saturated heterocycles. The summed E-state index contributed by atoms with van der Waals surface area (Å²) in [5.41, 5.74) is 1.42. The summed E-state index contributed by atoms with van der Waals surface area (Å²) in [4.78, 5) is 11.5. The molecule has 0 spiro atoms. The fourth-order valence-electron chi connectivity index (χ4n) is 1.23. The van der Waals surface area contributed by atoms with E-state index in [1.807, 2.05) is 36.4 Å². The van der Waals surface area contributed by atoms with Crippen molar-refractivity contribution in [3.63, 3.8) is 0 Å². The minimum atomic E-state index is -0.342. The Morgan fingerprint density at radius 1 is 1.35 bits per heavy atom. The van der Waals surface area contributed by atoms with Crippen LogP contribution in [0.5, 0.6) is 0 Å². The highest BCUT2D eigenvalue weighted by molar-refractivity contribution is 5.92. The molecule has 0 saturated carbocycles. The number of benzene rings is 1. The molecule has 0 bridgehead atoms. The standard InChI is InChI=1S/C15H18O2/c1-3-4-12-17-15(16)13(2)10-11-14-8-6-5-7-9-14/h5-11H,2-4,12H2,1H3. The lowest BCUT2D eigenvalue weighted by Gasteiger charge is -2.02. The second-order valence-corrected chi connectivity index (χ2v) is 3.76. The van der Waals surface area contributed by atoms with Crippen LogP contribution in [0.3, 0.4) is 0 Å². The molecule has 1 aromatic carbocycles. The Morgan fingerprint density at radius 2 is 2.06 bits per heavy atom. The Morgan fingerprint density at radius 3 is 2.71 bits per heavy atom. The molecule has 0 aromatic heterocycles. The molecule has 0 aliphatic heterocycles. The zero-order chi connectivity index (χ0) is 12.5. The lowest BCUT2D eigenvalue weighted by molar-refractivity contribution is -0.138. The fourth-order valence-corrected chi connectivity index (χ4v) is 1.23. The molecular weight excluding hydrogens is 212 g/mol. The van der Waals surface area contributed by atoms with Crippen LogP contribution in [0.1, 0.15) is 25.3 Å². The van der Waals surface area contributed by atoms with Crippen molar-refractivity contribution in [2.24, 2.45) is 0 Å². The lowest BCUT2D eigenvalue weighted by Crippen LogP contribution is -2.06. The smallest absolute Gasteiger partial charge is 0.337 e. The average molecular weight is 230 g/mol. The molecule has 2 nitrogen and oxygen atoms in total. The number of unbranched alkanes of at least 4 members (excludes halogenated alkanes) is 1. The number of hydrogen-bond donors (Lipinski definition) is 0. The third-order valence-electron chi connectivity index (χ3n) is 2.27. The van der Waals surface area contributed by atoms with E-state index in [9.17, 15) is 4.79 Å². The van der Waals surface area contributed by atoms with E-state index in [1.165, 1.54) is 0 Å². The molecule has 1 rings (SSSR count). The SMILES string of the molecule is C=C(C=Cc1ccccc1)C(=O)OCCCC. The van der Waals surface area contributed by atoms with Crippen LogP contribution in [0.4, 0.5) is 0 Å². The van der Waals surface area contributed by atoms with E-state index in [2.05, 4.69) is 13.5 Å². The minimum absolute atomic E-state index is 0.342. The van der Waals surface area contributed by atoms with Crippen LogP contribution < -0.4 is 0 Å². The Labute approximate surface area is 103 Å². The molecule has 0 aliphatic rings. The summed E-state index contributed by atoms with van der Waals surface area (Å²) < 4.78 is 5.04. The first kappa shape index (κ1) is 13.2. The fraction of sp³-hybridized carbons (Fsp3) is 0.267. The third kappa shape index (κ3) is 5.16. The average Bonchev–Trinajstić information content (AvgIpc) is 2.37. The van der Waals surface area contributed by atoms with E-state index in [1.54, 1.807) is 6.08 Å². The van der Waals surface area contributed by atoms with Gasteiger partial charge < -0.3 is 4.74 Å². The van der Waals surface area contributed by atoms with Gasteiger partial charge in [-0.3, -0.25) is 0 Å². The molecule has 0 radical (unpaired) electrons. The number of hydrogen-bond acceptors (Lipinski definition) is 2. The quantitative estimate of drug-likeness (QED) is 0.323. The molecule has 0 N–H and O–H groups in total. The van der Waals surface area contributed by atoms with Gasteiger partial charge in [-0.2, -0.15) is 0 Å². The van der Waals surface area contributed by atoms with Crippen LogP contribution in [-0.2, 0) is 9.53 Å². The normalized spacial score (nSPS) is 10.4.